The number of hydrogen-bond donors (Lipinski definition) is 1. The fourth-order valence-corrected chi connectivity index (χ4v) is 3.10. The smallest absolute Gasteiger partial charge is 0.335 e. The zero-order valence-electron chi connectivity index (χ0n) is 11.6. The van der Waals surface area contributed by atoms with Crippen molar-refractivity contribution < 1.29 is 9.90 Å². The highest BCUT2D eigenvalue weighted by atomic mass is 35.5. The van der Waals surface area contributed by atoms with Crippen LogP contribution in [-0.2, 0) is 11.8 Å². The molecule has 0 atom stereocenters. The highest BCUT2D eigenvalue weighted by Crippen LogP contribution is 2.26. The number of nitrogens with zero attached hydrogens (tertiary/aromatic N) is 1. The van der Waals surface area contributed by atoms with Crippen molar-refractivity contribution in [2.45, 2.75) is 32.6 Å². The van der Waals surface area contributed by atoms with Gasteiger partial charge in [0.15, 0.2) is 0 Å². The van der Waals surface area contributed by atoms with Crippen molar-refractivity contribution in [2.24, 2.45) is 0 Å². The van der Waals surface area contributed by atoms with Gasteiger partial charge in [-0.2, -0.15) is 0 Å². The lowest BCUT2D eigenvalue weighted by atomic mass is 9.93. The van der Waals surface area contributed by atoms with E-state index in [0.717, 1.165) is 16.3 Å². The Morgan fingerprint density at radius 1 is 1.35 bits per heavy atom. The van der Waals surface area contributed by atoms with Gasteiger partial charge in [-0.15, -0.1) is 11.3 Å². The summed E-state index contributed by atoms with van der Waals surface area (Å²) in [6.07, 6.45) is 0.599. The molecule has 0 aliphatic rings. The van der Waals surface area contributed by atoms with Crippen molar-refractivity contribution >= 4 is 28.9 Å². The number of aromatic nitrogens is 1. The van der Waals surface area contributed by atoms with Crippen LogP contribution in [0.1, 0.15) is 47.4 Å². The van der Waals surface area contributed by atoms with Crippen LogP contribution >= 0.6 is 22.9 Å². The zero-order chi connectivity index (χ0) is 14.9. The maximum atomic E-state index is 11.0. The van der Waals surface area contributed by atoms with E-state index in [1.54, 1.807) is 23.5 Å². The van der Waals surface area contributed by atoms with Gasteiger partial charge in [-0.05, 0) is 23.8 Å². The van der Waals surface area contributed by atoms with E-state index in [2.05, 4.69) is 31.1 Å². The molecule has 0 saturated carbocycles. The average molecular weight is 310 g/mol. The number of carboxylic acid groups (broad SMARTS) is 1. The highest BCUT2D eigenvalue weighted by molar-refractivity contribution is 7.09. The molecule has 0 aliphatic carbocycles. The molecule has 0 fully saturated rings. The first-order valence-electron chi connectivity index (χ1n) is 6.23. The molecule has 0 aliphatic heterocycles. The van der Waals surface area contributed by atoms with Gasteiger partial charge in [0.1, 0.15) is 0 Å². The highest BCUT2D eigenvalue weighted by Gasteiger charge is 2.17. The van der Waals surface area contributed by atoms with E-state index in [1.165, 1.54) is 6.07 Å². The maximum Gasteiger partial charge on any atom is 0.335 e. The van der Waals surface area contributed by atoms with Gasteiger partial charge in [-0.3, -0.25) is 0 Å². The molecule has 2 aromatic rings. The Kier molecular flexibility index (Phi) is 4.16. The first-order valence-corrected chi connectivity index (χ1v) is 7.49. The van der Waals surface area contributed by atoms with Crippen molar-refractivity contribution in [2.75, 3.05) is 0 Å². The van der Waals surface area contributed by atoms with Gasteiger partial charge in [0.2, 0.25) is 0 Å². The van der Waals surface area contributed by atoms with Gasteiger partial charge in [0, 0.05) is 22.2 Å². The summed E-state index contributed by atoms with van der Waals surface area (Å²) in [7, 11) is 0. The van der Waals surface area contributed by atoms with Gasteiger partial charge in [0.25, 0.3) is 0 Å². The Balaban J connectivity index is 2.26. The summed E-state index contributed by atoms with van der Waals surface area (Å²) < 4.78 is 0. The predicted octanol–water partition coefficient (Wildman–Crippen LogP) is 4.38. The Hall–Kier alpha value is -1.39. The van der Waals surface area contributed by atoms with Crippen LogP contribution in [-0.4, -0.2) is 16.1 Å². The van der Waals surface area contributed by atoms with Crippen molar-refractivity contribution in [3.05, 3.63) is 50.4 Å². The fourth-order valence-electron chi connectivity index (χ4n) is 1.79. The second kappa shape index (κ2) is 5.54. The molecule has 1 N–H and O–H groups in total. The molecule has 0 spiro atoms. The monoisotopic (exact) mass is 309 g/mol. The van der Waals surface area contributed by atoms with E-state index >= 15 is 0 Å². The molecule has 20 heavy (non-hydrogen) atoms. The average Bonchev–Trinajstić information content (AvgIpc) is 2.76. The van der Waals surface area contributed by atoms with E-state index in [0.29, 0.717) is 11.4 Å². The van der Waals surface area contributed by atoms with Gasteiger partial charge in [0.05, 0.1) is 16.3 Å². The minimum absolute atomic E-state index is 0.0231. The number of halogens is 1. The number of thiazole rings is 1. The molecule has 106 valence electrons. The maximum absolute atomic E-state index is 11.0. The summed E-state index contributed by atoms with van der Waals surface area (Å²) >= 11 is 7.55. The van der Waals surface area contributed by atoms with Gasteiger partial charge < -0.3 is 5.11 Å². The van der Waals surface area contributed by atoms with E-state index in [4.69, 9.17) is 16.7 Å². The number of carbonyl (C=O) groups is 1. The van der Waals surface area contributed by atoms with Crippen LogP contribution in [0.3, 0.4) is 0 Å². The Bertz CT molecular complexity index is 644. The van der Waals surface area contributed by atoms with Crippen LogP contribution < -0.4 is 0 Å². The molecule has 0 unspecified atom stereocenters. The Morgan fingerprint density at radius 3 is 2.60 bits per heavy atom. The van der Waals surface area contributed by atoms with Crippen LogP contribution in [0.25, 0.3) is 0 Å². The largest absolute Gasteiger partial charge is 0.478 e. The summed E-state index contributed by atoms with van der Waals surface area (Å²) in [6, 6.07) is 4.88. The first kappa shape index (κ1) is 15.0. The van der Waals surface area contributed by atoms with Crippen molar-refractivity contribution in [3.63, 3.8) is 0 Å². The number of rotatable bonds is 3. The standard InChI is InChI=1S/C15H16ClNO2S/c1-15(2,3)12-8-20-13(17-12)6-9-4-10(14(18)19)7-11(16)5-9/h4-5,7-8H,6H2,1-3H3,(H,18,19). The van der Waals surface area contributed by atoms with Crippen LogP contribution in [0.15, 0.2) is 23.6 Å². The van der Waals surface area contributed by atoms with Crippen LogP contribution in [0.2, 0.25) is 5.02 Å². The van der Waals surface area contributed by atoms with Crippen LogP contribution in [0.4, 0.5) is 0 Å². The Morgan fingerprint density at radius 2 is 2.05 bits per heavy atom. The van der Waals surface area contributed by atoms with Gasteiger partial charge in [-0.1, -0.05) is 32.4 Å². The normalized spacial score (nSPS) is 11.6. The van der Waals surface area contributed by atoms with Gasteiger partial charge >= 0.3 is 5.97 Å². The molecule has 1 aromatic carbocycles. The summed E-state index contributed by atoms with van der Waals surface area (Å²) in [6.45, 7) is 6.36. The molecular weight excluding hydrogens is 294 g/mol. The number of benzene rings is 1. The minimum Gasteiger partial charge on any atom is -0.478 e. The molecule has 0 saturated heterocycles. The fraction of sp³-hybridized carbons (Fsp3) is 0.333. The second-order valence-electron chi connectivity index (χ2n) is 5.71. The molecule has 1 aromatic heterocycles. The summed E-state index contributed by atoms with van der Waals surface area (Å²) in [4.78, 5) is 15.6. The summed E-state index contributed by atoms with van der Waals surface area (Å²) in [5.41, 5.74) is 2.15. The third-order valence-corrected chi connectivity index (χ3v) is 3.95. The van der Waals surface area contributed by atoms with Crippen molar-refractivity contribution in [1.29, 1.82) is 0 Å². The lowest BCUT2D eigenvalue weighted by molar-refractivity contribution is 0.0696. The SMILES string of the molecule is CC(C)(C)c1csc(Cc2cc(Cl)cc(C(=O)O)c2)n1. The van der Waals surface area contributed by atoms with E-state index in [9.17, 15) is 4.79 Å². The zero-order valence-corrected chi connectivity index (χ0v) is 13.2. The quantitative estimate of drug-likeness (QED) is 0.915. The van der Waals surface area contributed by atoms with Crippen molar-refractivity contribution in [1.82, 2.24) is 4.98 Å². The predicted molar refractivity (Wildman–Crippen MR) is 82.0 cm³/mol. The molecule has 0 bridgehead atoms. The third-order valence-electron chi connectivity index (χ3n) is 2.88. The molecule has 1 heterocycles. The third kappa shape index (κ3) is 3.58. The minimum atomic E-state index is -0.969. The summed E-state index contributed by atoms with van der Waals surface area (Å²) in [5.74, 6) is -0.969. The lowest BCUT2D eigenvalue weighted by Gasteiger charge is -2.14. The topological polar surface area (TPSA) is 50.2 Å². The number of carboxylic acids is 1. The van der Waals surface area contributed by atoms with Crippen molar-refractivity contribution in [3.8, 4) is 0 Å². The molecule has 5 heteroatoms. The molecule has 0 amide bonds. The summed E-state index contributed by atoms with van der Waals surface area (Å²) in [5, 5.41) is 12.5. The van der Waals surface area contributed by atoms with E-state index in [-0.39, 0.29) is 11.0 Å². The molecular formula is C15H16ClNO2S. The lowest BCUT2D eigenvalue weighted by Crippen LogP contribution is -2.11. The van der Waals surface area contributed by atoms with Gasteiger partial charge in [-0.25, -0.2) is 9.78 Å². The molecule has 0 radical (unpaired) electrons. The second-order valence-corrected chi connectivity index (χ2v) is 7.09. The molecule has 3 nitrogen and oxygen atoms in total. The van der Waals surface area contributed by atoms with E-state index < -0.39 is 5.97 Å². The van der Waals surface area contributed by atoms with Crippen LogP contribution in [0.5, 0.6) is 0 Å². The first-order chi connectivity index (χ1) is 9.25. The molecule has 2 rings (SSSR count). The van der Waals surface area contributed by atoms with Crippen LogP contribution in [0, 0.1) is 0 Å². The number of aromatic carboxylic acids is 1. The van der Waals surface area contributed by atoms with E-state index in [1.807, 2.05) is 0 Å². The Labute approximate surface area is 127 Å². The number of hydrogen-bond acceptors (Lipinski definition) is 3.